The summed E-state index contributed by atoms with van der Waals surface area (Å²) in [6.07, 6.45) is 8.00. The number of carbonyl (C=O) groups is 2. The summed E-state index contributed by atoms with van der Waals surface area (Å²) >= 11 is 0. The van der Waals surface area contributed by atoms with E-state index in [1.807, 2.05) is 0 Å². The number of likely N-dealkylation sites (tertiary alicyclic amines) is 1. The highest BCUT2D eigenvalue weighted by Gasteiger charge is 2.47. The van der Waals surface area contributed by atoms with E-state index in [-0.39, 0.29) is 29.7 Å². The van der Waals surface area contributed by atoms with Crippen molar-refractivity contribution in [3.05, 3.63) is 0 Å². The Balaban J connectivity index is 1.60. The first kappa shape index (κ1) is 14.1. The van der Waals surface area contributed by atoms with Gasteiger partial charge >= 0.3 is 0 Å². The molecule has 1 N–H and O–H groups in total. The normalized spacial score (nSPS) is 37.5. The zero-order chi connectivity index (χ0) is 14.1. The van der Waals surface area contributed by atoms with Gasteiger partial charge in [0.2, 0.25) is 11.8 Å². The van der Waals surface area contributed by atoms with Crippen LogP contribution in [0.1, 0.15) is 58.3 Å². The molecule has 1 heterocycles. The molecule has 1 saturated heterocycles. The van der Waals surface area contributed by atoms with E-state index in [1.165, 1.54) is 0 Å². The number of nitrogens with zero attached hydrogens (tertiary/aromatic N) is 1. The van der Waals surface area contributed by atoms with Crippen LogP contribution in [0.25, 0.3) is 0 Å². The monoisotopic (exact) mass is 278 g/mol. The van der Waals surface area contributed by atoms with Crippen LogP contribution in [0.4, 0.5) is 0 Å². The number of piperidine rings is 1. The summed E-state index contributed by atoms with van der Waals surface area (Å²) in [6.45, 7) is 3.25. The average Bonchev–Trinajstić information content (AvgIpc) is 2.92. The second kappa shape index (κ2) is 5.84. The van der Waals surface area contributed by atoms with Crippen molar-refractivity contribution < 1.29 is 9.59 Å². The van der Waals surface area contributed by atoms with Crippen molar-refractivity contribution in [3.8, 4) is 0 Å². The van der Waals surface area contributed by atoms with Gasteiger partial charge in [0.15, 0.2) is 0 Å². The van der Waals surface area contributed by atoms with E-state index >= 15 is 0 Å². The minimum absolute atomic E-state index is 0.133. The Kier molecular flexibility index (Phi) is 4.11. The summed E-state index contributed by atoms with van der Waals surface area (Å²) in [4.78, 5) is 26.5. The van der Waals surface area contributed by atoms with Gasteiger partial charge in [0.25, 0.3) is 0 Å². The lowest BCUT2D eigenvalue weighted by Crippen LogP contribution is -2.53. The van der Waals surface area contributed by atoms with E-state index in [0.717, 1.165) is 57.9 Å². The lowest BCUT2D eigenvalue weighted by Gasteiger charge is -2.39. The van der Waals surface area contributed by atoms with Crippen LogP contribution in [-0.2, 0) is 9.59 Å². The Morgan fingerprint density at radius 2 is 1.60 bits per heavy atom. The standard InChI is InChI=1S/C16H26N2O2/c1-2-9-17-13-5-7-14(8-6-13)18-15(19)11-3-4-12(10-11)16(18)20/h11-14,17H,2-10H2,1H3. The molecule has 2 unspecified atom stereocenters. The quantitative estimate of drug-likeness (QED) is 0.801. The van der Waals surface area contributed by atoms with Crippen LogP contribution >= 0.6 is 0 Å². The zero-order valence-corrected chi connectivity index (χ0v) is 12.4. The summed E-state index contributed by atoms with van der Waals surface area (Å²) < 4.78 is 0. The van der Waals surface area contributed by atoms with Crippen molar-refractivity contribution in [1.82, 2.24) is 10.2 Å². The molecule has 0 aromatic rings. The van der Waals surface area contributed by atoms with Gasteiger partial charge in [-0.05, 0) is 57.9 Å². The topological polar surface area (TPSA) is 49.4 Å². The number of imide groups is 1. The van der Waals surface area contributed by atoms with Crippen molar-refractivity contribution in [2.75, 3.05) is 6.54 Å². The lowest BCUT2D eigenvalue weighted by molar-refractivity contribution is -0.156. The number of hydrogen-bond acceptors (Lipinski definition) is 3. The first-order chi connectivity index (χ1) is 9.70. The molecule has 2 saturated carbocycles. The van der Waals surface area contributed by atoms with Crippen LogP contribution in [-0.4, -0.2) is 35.3 Å². The smallest absolute Gasteiger partial charge is 0.232 e. The zero-order valence-electron chi connectivity index (χ0n) is 12.4. The molecule has 0 aromatic carbocycles. The lowest BCUT2D eigenvalue weighted by atomic mass is 9.87. The number of nitrogens with one attached hydrogen (secondary N) is 1. The van der Waals surface area contributed by atoms with Gasteiger partial charge in [-0.3, -0.25) is 14.5 Å². The first-order valence-corrected chi connectivity index (χ1v) is 8.31. The molecule has 4 heteroatoms. The summed E-state index contributed by atoms with van der Waals surface area (Å²) in [5.74, 6) is 0.560. The minimum Gasteiger partial charge on any atom is -0.314 e. The Morgan fingerprint density at radius 3 is 2.15 bits per heavy atom. The maximum atomic E-state index is 12.4. The molecule has 0 radical (unpaired) electrons. The molecule has 2 bridgehead atoms. The third kappa shape index (κ3) is 2.50. The van der Waals surface area contributed by atoms with E-state index in [0.29, 0.717) is 6.04 Å². The van der Waals surface area contributed by atoms with Crippen LogP contribution in [0.3, 0.4) is 0 Å². The Labute approximate surface area is 121 Å². The van der Waals surface area contributed by atoms with Crippen molar-refractivity contribution in [3.63, 3.8) is 0 Å². The predicted octanol–water partition coefficient (Wildman–Crippen LogP) is 2.08. The fourth-order valence-corrected chi connectivity index (χ4v) is 4.18. The molecule has 20 heavy (non-hydrogen) atoms. The number of hydrogen-bond donors (Lipinski definition) is 1. The Bertz CT molecular complexity index is 366. The molecule has 1 aliphatic heterocycles. The largest absolute Gasteiger partial charge is 0.314 e. The van der Waals surface area contributed by atoms with Gasteiger partial charge in [0, 0.05) is 23.9 Å². The van der Waals surface area contributed by atoms with Gasteiger partial charge in [-0.25, -0.2) is 0 Å². The molecule has 4 nitrogen and oxygen atoms in total. The molecular formula is C16H26N2O2. The second-order valence-corrected chi connectivity index (χ2v) is 6.71. The highest BCUT2D eigenvalue weighted by Crippen LogP contribution is 2.40. The van der Waals surface area contributed by atoms with Crippen LogP contribution in [0.15, 0.2) is 0 Å². The summed E-state index contributed by atoms with van der Waals surface area (Å²) in [5.41, 5.74) is 0. The number of fused-ring (bicyclic) bond motifs is 2. The van der Waals surface area contributed by atoms with Crippen molar-refractivity contribution in [1.29, 1.82) is 0 Å². The molecule has 0 aromatic heterocycles. The summed E-state index contributed by atoms with van der Waals surface area (Å²) in [5, 5.41) is 3.56. The van der Waals surface area contributed by atoms with Gasteiger partial charge in [0.05, 0.1) is 0 Å². The van der Waals surface area contributed by atoms with Crippen molar-refractivity contribution in [2.24, 2.45) is 11.8 Å². The molecule has 2 amide bonds. The van der Waals surface area contributed by atoms with Gasteiger partial charge in [-0.2, -0.15) is 0 Å². The van der Waals surface area contributed by atoms with Crippen LogP contribution < -0.4 is 5.32 Å². The van der Waals surface area contributed by atoms with Gasteiger partial charge in [-0.15, -0.1) is 0 Å². The molecule has 3 fully saturated rings. The highest BCUT2D eigenvalue weighted by molar-refractivity contribution is 6.01. The fourth-order valence-electron chi connectivity index (χ4n) is 4.18. The fraction of sp³-hybridized carbons (Fsp3) is 0.875. The van der Waals surface area contributed by atoms with Gasteiger partial charge in [0.1, 0.15) is 0 Å². The van der Waals surface area contributed by atoms with E-state index in [4.69, 9.17) is 0 Å². The summed E-state index contributed by atoms with van der Waals surface area (Å²) in [7, 11) is 0. The molecular weight excluding hydrogens is 252 g/mol. The third-order valence-electron chi connectivity index (χ3n) is 5.35. The van der Waals surface area contributed by atoms with Crippen LogP contribution in [0, 0.1) is 11.8 Å². The summed E-state index contributed by atoms with van der Waals surface area (Å²) in [6, 6.07) is 0.760. The van der Waals surface area contributed by atoms with E-state index in [2.05, 4.69) is 12.2 Å². The maximum Gasteiger partial charge on any atom is 0.232 e. The van der Waals surface area contributed by atoms with E-state index < -0.39 is 0 Å². The van der Waals surface area contributed by atoms with Gasteiger partial charge < -0.3 is 5.32 Å². The van der Waals surface area contributed by atoms with Crippen LogP contribution in [0.2, 0.25) is 0 Å². The molecule has 2 atom stereocenters. The Morgan fingerprint density at radius 1 is 1.00 bits per heavy atom. The van der Waals surface area contributed by atoms with E-state index in [1.54, 1.807) is 4.90 Å². The highest BCUT2D eigenvalue weighted by atomic mass is 16.2. The molecule has 0 spiro atoms. The Hall–Kier alpha value is -0.900. The first-order valence-electron chi connectivity index (χ1n) is 8.31. The molecule has 2 aliphatic carbocycles. The van der Waals surface area contributed by atoms with E-state index in [9.17, 15) is 9.59 Å². The minimum atomic E-state index is 0.133. The third-order valence-corrected chi connectivity index (χ3v) is 5.35. The number of rotatable bonds is 4. The maximum absolute atomic E-state index is 12.4. The molecule has 112 valence electrons. The average molecular weight is 278 g/mol. The molecule has 3 rings (SSSR count). The number of amides is 2. The van der Waals surface area contributed by atoms with Crippen molar-refractivity contribution >= 4 is 11.8 Å². The second-order valence-electron chi connectivity index (χ2n) is 6.71. The SMILES string of the molecule is CCCNC1CCC(N2C(=O)C3CCC(C3)C2=O)CC1. The number of carbonyl (C=O) groups excluding carboxylic acids is 2. The van der Waals surface area contributed by atoms with Gasteiger partial charge in [-0.1, -0.05) is 6.92 Å². The predicted molar refractivity (Wildman–Crippen MR) is 77.0 cm³/mol. The molecule has 3 aliphatic rings. The van der Waals surface area contributed by atoms with Crippen molar-refractivity contribution in [2.45, 2.75) is 70.4 Å². The van der Waals surface area contributed by atoms with Crippen LogP contribution in [0.5, 0.6) is 0 Å².